The van der Waals surface area contributed by atoms with E-state index in [4.69, 9.17) is 4.74 Å². The number of rotatable bonds is 5. The van der Waals surface area contributed by atoms with Gasteiger partial charge in [-0.15, -0.1) is 0 Å². The van der Waals surface area contributed by atoms with E-state index in [0.29, 0.717) is 6.54 Å². The minimum atomic E-state index is 0.121. The number of piperazine rings is 1. The first-order chi connectivity index (χ1) is 12.0. The highest BCUT2D eigenvalue weighted by molar-refractivity contribution is 9.10. The summed E-state index contributed by atoms with van der Waals surface area (Å²) in [5.74, 6) is 1.00. The first-order valence-corrected chi connectivity index (χ1v) is 9.17. The number of nitrogens with zero attached hydrogens (tertiary/aromatic N) is 4. The number of benzene rings is 1. The van der Waals surface area contributed by atoms with Crippen LogP contribution in [0.25, 0.3) is 0 Å². The molecule has 1 amide bonds. The molecule has 0 unspecified atom stereocenters. The lowest BCUT2D eigenvalue weighted by Gasteiger charge is -2.34. The molecule has 25 heavy (non-hydrogen) atoms. The Bertz CT molecular complexity index is 719. The summed E-state index contributed by atoms with van der Waals surface area (Å²) in [7, 11) is 1.68. The third-order valence-corrected chi connectivity index (χ3v) is 5.23. The van der Waals surface area contributed by atoms with Gasteiger partial charge in [-0.3, -0.25) is 14.4 Å². The summed E-state index contributed by atoms with van der Waals surface area (Å²) >= 11 is 3.43. The Kier molecular flexibility index (Phi) is 5.75. The lowest BCUT2D eigenvalue weighted by Crippen LogP contribution is -2.49. The van der Waals surface area contributed by atoms with Crippen molar-refractivity contribution in [3.63, 3.8) is 0 Å². The van der Waals surface area contributed by atoms with E-state index in [1.807, 2.05) is 30.2 Å². The lowest BCUT2D eigenvalue weighted by molar-refractivity contribution is -0.133. The van der Waals surface area contributed by atoms with E-state index in [0.717, 1.165) is 48.6 Å². The second kappa shape index (κ2) is 8.01. The normalized spacial score (nSPS) is 15.4. The van der Waals surface area contributed by atoms with Gasteiger partial charge in [0.2, 0.25) is 5.91 Å². The fourth-order valence-corrected chi connectivity index (χ4v) is 3.31. The maximum Gasteiger partial charge on any atom is 0.244 e. The smallest absolute Gasteiger partial charge is 0.244 e. The van der Waals surface area contributed by atoms with Crippen LogP contribution in [-0.4, -0.2) is 58.8 Å². The van der Waals surface area contributed by atoms with Crippen molar-refractivity contribution in [2.24, 2.45) is 0 Å². The molecule has 0 radical (unpaired) electrons. The van der Waals surface area contributed by atoms with Crippen molar-refractivity contribution in [2.45, 2.75) is 20.0 Å². The minimum absolute atomic E-state index is 0.121. The molecule has 0 saturated carbocycles. The molecule has 0 atom stereocenters. The zero-order chi connectivity index (χ0) is 17.8. The highest BCUT2D eigenvalue weighted by Crippen LogP contribution is 2.16. The molecule has 0 N–H and O–H groups in total. The second-order valence-corrected chi connectivity index (χ2v) is 7.12. The zero-order valence-electron chi connectivity index (χ0n) is 14.6. The molecule has 1 aliphatic heterocycles. The van der Waals surface area contributed by atoms with Crippen molar-refractivity contribution in [3.05, 3.63) is 46.2 Å². The number of halogens is 1. The van der Waals surface area contributed by atoms with E-state index in [2.05, 4.69) is 38.1 Å². The molecule has 0 bridgehead atoms. The lowest BCUT2D eigenvalue weighted by atomic mass is 10.2. The Morgan fingerprint density at radius 3 is 2.68 bits per heavy atom. The largest absolute Gasteiger partial charge is 0.497 e. The van der Waals surface area contributed by atoms with Gasteiger partial charge in [-0.05, 0) is 40.5 Å². The molecule has 1 aromatic heterocycles. The predicted octanol–water partition coefficient (Wildman–Crippen LogP) is 2.31. The van der Waals surface area contributed by atoms with E-state index in [9.17, 15) is 4.79 Å². The molecule has 0 aliphatic carbocycles. The maximum atomic E-state index is 12.5. The highest BCUT2D eigenvalue weighted by Gasteiger charge is 2.21. The summed E-state index contributed by atoms with van der Waals surface area (Å²) in [6.07, 6.45) is 1.85. The SMILES string of the molecule is COc1cccc(CN2CCN(C(=O)Cn3cc(Br)c(C)n3)CC2)c1. The van der Waals surface area contributed by atoms with Crippen LogP contribution in [0.5, 0.6) is 5.75 Å². The van der Waals surface area contributed by atoms with E-state index >= 15 is 0 Å². The molecule has 3 rings (SSSR count). The van der Waals surface area contributed by atoms with Gasteiger partial charge in [0, 0.05) is 38.9 Å². The van der Waals surface area contributed by atoms with Gasteiger partial charge in [0.15, 0.2) is 0 Å². The van der Waals surface area contributed by atoms with Crippen LogP contribution in [-0.2, 0) is 17.9 Å². The fraction of sp³-hybridized carbons (Fsp3) is 0.444. The average molecular weight is 407 g/mol. The van der Waals surface area contributed by atoms with Gasteiger partial charge >= 0.3 is 0 Å². The molecule has 6 nitrogen and oxygen atoms in total. The van der Waals surface area contributed by atoms with Crippen LogP contribution in [0.15, 0.2) is 34.9 Å². The number of aryl methyl sites for hydroxylation is 1. The first kappa shape index (κ1) is 17.9. The van der Waals surface area contributed by atoms with Crippen molar-refractivity contribution in [2.75, 3.05) is 33.3 Å². The van der Waals surface area contributed by atoms with Gasteiger partial charge in [0.25, 0.3) is 0 Å². The van der Waals surface area contributed by atoms with E-state index in [1.165, 1.54) is 5.56 Å². The summed E-state index contributed by atoms with van der Waals surface area (Å²) in [6.45, 7) is 6.36. The topological polar surface area (TPSA) is 50.6 Å². The van der Waals surface area contributed by atoms with Crippen molar-refractivity contribution in [1.82, 2.24) is 19.6 Å². The predicted molar refractivity (Wildman–Crippen MR) is 99.5 cm³/mol. The third kappa shape index (κ3) is 4.61. The summed E-state index contributed by atoms with van der Waals surface area (Å²) in [5.41, 5.74) is 2.13. The second-order valence-electron chi connectivity index (χ2n) is 6.27. The summed E-state index contributed by atoms with van der Waals surface area (Å²) in [4.78, 5) is 16.7. The Balaban J connectivity index is 1.50. The standard InChI is InChI=1S/C18H23BrN4O2/c1-14-17(19)12-23(20-14)13-18(24)22-8-6-21(7-9-22)11-15-4-3-5-16(10-15)25-2/h3-5,10,12H,6-9,11,13H2,1-2H3. The number of methoxy groups -OCH3 is 1. The van der Waals surface area contributed by atoms with E-state index in [1.54, 1.807) is 11.8 Å². The number of carbonyl (C=O) groups is 1. The minimum Gasteiger partial charge on any atom is -0.497 e. The number of hydrogen-bond donors (Lipinski definition) is 0. The first-order valence-electron chi connectivity index (χ1n) is 8.38. The van der Waals surface area contributed by atoms with Gasteiger partial charge in [0.1, 0.15) is 12.3 Å². The Morgan fingerprint density at radius 1 is 1.28 bits per heavy atom. The molecule has 1 fully saturated rings. The Hall–Kier alpha value is -1.86. The molecule has 1 aliphatic rings. The van der Waals surface area contributed by atoms with E-state index in [-0.39, 0.29) is 5.91 Å². The molecule has 1 aromatic carbocycles. The monoisotopic (exact) mass is 406 g/mol. The number of aromatic nitrogens is 2. The Labute approximate surface area is 156 Å². The van der Waals surface area contributed by atoms with Gasteiger partial charge < -0.3 is 9.64 Å². The fourth-order valence-electron chi connectivity index (χ4n) is 3.00. The highest BCUT2D eigenvalue weighted by atomic mass is 79.9. The van der Waals surface area contributed by atoms with E-state index < -0.39 is 0 Å². The molecular formula is C18H23BrN4O2. The number of amides is 1. The van der Waals surface area contributed by atoms with Crippen molar-refractivity contribution >= 4 is 21.8 Å². The van der Waals surface area contributed by atoms with Crippen LogP contribution in [0.1, 0.15) is 11.3 Å². The zero-order valence-corrected chi connectivity index (χ0v) is 16.2. The third-order valence-electron chi connectivity index (χ3n) is 4.45. The number of carbonyl (C=O) groups excluding carboxylic acids is 1. The quantitative estimate of drug-likeness (QED) is 0.764. The number of hydrogen-bond acceptors (Lipinski definition) is 4. The number of ether oxygens (including phenoxy) is 1. The van der Waals surface area contributed by atoms with Gasteiger partial charge in [0.05, 0.1) is 17.3 Å². The van der Waals surface area contributed by atoms with Crippen molar-refractivity contribution in [3.8, 4) is 5.75 Å². The van der Waals surface area contributed by atoms with Crippen molar-refractivity contribution in [1.29, 1.82) is 0 Å². The van der Waals surface area contributed by atoms with Crippen LogP contribution in [0.4, 0.5) is 0 Å². The molecule has 0 spiro atoms. The summed E-state index contributed by atoms with van der Waals surface area (Å²) < 4.78 is 7.91. The molecule has 134 valence electrons. The maximum absolute atomic E-state index is 12.5. The van der Waals surface area contributed by atoms with Crippen LogP contribution >= 0.6 is 15.9 Å². The van der Waals surface area contributed by atoms with Gasteiger partial charge in [-0.2, -0.15) is 5.10 Å². The van der Waals surface area contributed by atoms with Crippen molar-refractivity contribution < 1.29 is 9.53 Å². The molecule has 1 saturated heterocycles. The summed E-state index contributed by atoms with van der Waals surface area (Å²) in [5, 5.41) is 4.33. The van der Waals surface area contributed by atoms with Crippen LogP contribution in [0.3, 0.4) is 0 Å². The Morgan fingerprint density at radius 2 is 2.04 bits per heavy atom. The van der Waals surface area contributed by atoms with Crippen LogP contribution in [0.2, 0.25) is 0 Å². The van der Waals surface area contributed by atoms with Gasteiger partial charge in [-0.1, -0.05) is 12.1 Å². The van der Waals surface area contributed by atoms with Crippen LogP contribution < -0.4 is 4.74 Å². The average Bonchev–Trinajstić information content (AvgIpc) is 2.93. The molecular weight excluding hydrogens is 384 g/mol. The molecule has 2 heterocycles. The van der Waals surface area contributed by atoms with Crippen LogP contribution in [0, 0.1) is 6.92 Å². The summed E-state index contributed by atoms with van der Waals surface area (Å²) in [6, 6.07) is 8.14. The van der Waals surface area contributed by atoms with Gasteiger partial charge in [-0.25, -0.2) is 0 Å². The molecule has 7 heteroatoms. The molecule has 2 aromatic rings.